The summed E-state index contributed by atoms with van der Waals surface area (Å²) < 4.78 is 5.80. The molecule has 19 heavy (non-hydrogen) atoms. The fourth-order valence-electron chi connectivity index (χ4n) is 2.97. The monoisotopic (exact) mass is 261 g/mol. The van der Waals surface area contributed by atoms with Crippen LogP contribution in [0.15, 0.2) is 24.3 Å². The summed E-state index contributed by atoms with van der Waals surface area (Å²) in [4.78, 5) is 14.3. The van der Waals surface area contributed by atoms with Gasteiger partial charge in [-0.05, 0) is 18.9 Å². The predicted octanol–water partition coefficient (Wildman–Crippen LogP) is 1.53. The number of β-amino-alcohol motifs (C(OH)–C–C–N with tert-alkyl or cyclic N) is 1. The number of piperidine rings is 1. The van der Waals surface area contributed by atoms with E-state index in [4.69, 9.17) is 4.74 Å². The summed E-state index contributed by atoms with van der Waals surface area (Å²) in [5.74, 6) is 0.885. The quantitative estimate of drug-likeness (QED) is 0.834. The number of benzene rings is 1. The molecule has 4 heteroatoms. The first-order chi connectivity index (χ1) is 9.16. The number of aliphatic hydroxyl groups is 1. The second-order valence-corrected chi connectivity index (χ2v) is 5.45. The minimum atomic E-state index is -0.442. The van der Waals surface area contributed by atoms with Crippen LogP contribution in [-0.2, 0) is 4.79 Å². The van der Waals surface area contributed by atoms with Crippen LogP contribution >= 0.6 is 0 Å². The number of carbonyl (C=O) groups is 1. The number of para-hydroxylation sites is 1. The molecule has 0 spiro atoms. The van der Waals surface area contributed by atoms with Crippen LogP contribution in [0, 0.1) is 0 Å². The zero-order chi connectivity index (χ0) is 13.4. The second-order valence-electron chi connectivity index (χ2n) is 5.45. The summed E-state index contributed by atoms with van der Waals surface area (Å²) in [7, 11) is 0. The summed E-state index contributed by atoms with van der Waals surface area (Å²) >= 11 is 0. The summed E-state index contributed by atoms with van der Waals surface area (Å²) in [6, 6.07) is 7.81. The van der Waals surface area contributed by atoms with Gasteiger partial charge in [0.25, 0.3) is 5.91 Å². The Bertz CT molecular complexity index is 488. The molecule has 0 saturated carbocycles. The van der Waals surface area contributed by atoms with Crippen molar-refractivity contribution in [1.82, 2.24) is 4.90 Å². The molecule has 1 fully saturated rings. The van der Waals surface area contributed by atoms with Gasteiger partial charge >= 0.3 is 0 Å². The van der Waals surface area contributed by atoms with Crippen molar-refractivity contribution in [2.45, 2.75) is 37.9 Å². The highest BCUT2D eigenvalue weighted by Crippen LogP contribution is 2.38. The van der Waals surface area contributed by atoms with Crippen LogP contribution in [0.3, 0.4) is 0 Å². The first-order valence-corrected chi connectivity index (χ1v) is 6.89. The average molecular weight is 261 g/mol. The number of hydrogen-bond donors (Lipinski definition) is 1. The van der Waals surface area contributed by atoms with Crippen LogP contribution in [0.2, 0.25) is 0 Å². The van der Waals surface area contributed by atoms with Crippen LogP contribution in [-0.4, -0.2) is 41.2 Å². The van der Waals surface area contributed by atoms with Crippen molar-refractivity contribution in [3.8, 4) is 5.75 Å². The molecular formula is C15H19NO3. The van der Waals surface area contributed by atoms with E-state index in [9.17, 15) is 9.90 Å². The van der Waals surface area contributed by atoms with E-state index in [0.717, 1.165) is 30.7 Å². The Morgan fingerprint density at radius 2 is 2.21 bits per heavy atom. The Balaban J connectivity index is 1.76. The van der Waals surface area contributed by atoms with Crippen molar-refractivity contribution in [2.75, 3.05) is 13.1 Å². The molecule has 4 nitrogen and oxygen atoms in total. The van der Waals surface area contributed by atoms with Gasteiger partial charge in [0.15, 0.2) is 6.10 Å². The molecule has 0 aliphatic carbocycles. The van der Waals surface area contributed by atoms with Gasteiger partial charge in [0.2, 0.25) is 0 Å². The molecule has 0 radical (unpaired) electrons. The third-order valence-corrected chi connectivity index (χ3v) is 4.07. The maximum Gasteiger partial charge on any atom is 0.264 e. The summed E-state index contributed by atoms with van der Waals surface area (Å²) in [6.07, 6.45) is 0.811. The smallest absolute Gasteiger partial charge is 0.264 e. The van der Waals surface area contributed by atoms with Crippen LogP contribution in [0.25, 0.3) is 0 Å². The molecule has 1 N–H and O–H groups in total. The zero-order valence-electron chi connectivity index (χ0n) is 11.1. The number of hydrogen-bond acceptors (Lipinski definition) is 3. The minimum absolute atomic E-state index is 0.00227. The van der Waals surface area contributed by atoms with Crippen molar-refractivity contribution < 1.29 is 14.6 Å². The van der Waals surface area contributed by atoms with Crippen LogP contribution in [0.5, 0.6) is 5.75 Å². The SMILES string of the molecule is CC1c2ccccc2OC1C(=O)N1CCCC(O)C1. The van der Waals surface area contributed by atoms with E-state index in [-0.39, 0.29) is 11.8 Å². The van der Waals surface area contributed by atoms with Gasteiger partial charge in [-0.25, -0.2) is 0 Å². The molecule has 102 valence electrons. The second kappa shape index (κ2) is 4.85. The Hall–Kier alpha value is -1.55. The van der Waals surface area contributed by atoms with Gasteiger partial charge < -0.3 is 14.7 Å². The molecule has 1 aromatic rings. The van der Waals surface area contributed by atoms with E-state index in [1.165, 1.54) is 0 Å². The fraction of sp³-hybridized carbons (Fsp3) is 0.533. The van der Waals surface area contributed by atoms with E-state index >= 15 is 0 Å². The fourth-order valence-corrected chi connectivity index (χ4v) is 2.97. The molecule has 1 aromatic carbocycles. The molecule has 2 heterocycles. The third kappa shape index (κ3) is 2.21. The van der Waals surface area contributed by atoms with Gasteiger partial charge in [-0.2, -0.15) is 0 Å². The first kappa shape index (κ1) is 12.5. The van der Waals surface area contributed by atoms with Crippen molar-refractivity contribution in [2.24, 2.45) is 0 Å². The maximum atomic E-state index is 12.5. The number of likely N-dealkylation sites (tertiary alicyclic amines) is 1. The number of fused-ring (bicyclic) bond motifs is 1. The number of rotatable bonds is 1. The van der Waals surface area contributed by atoms with E-state index in [0.29, 0.717) is 6.54 Å². The maximum absolute atomic E-state index is 12.5. The normalized spacial score (nSPS) is 29.8. The molecule has 3 rings (SSSR count). The molecule has 3 unspecified atom stereocenters. The van der Waals surface area contributed by atoms with E-state index < -0.39 is 12.2 Å². The highest BCUT2D eigenvalue weighted by Gasteiger charge is 2.39. The molecule has 2 aliphatic heterocycles. The first-order valence-electron chi connectivity index (χ1n) is 6.89. The van der Waals surface area contributed by atoms with E-state index in [1.54, 1.807) is 4.90 Å². The molecule has 2 aliphatic rings. The van der Waals surface area contributed by atoms with Crippen LogP contribution in [0.1, 0.15) is 31.2 Å². The molecule has 0 aromatic heterocycles. The van der Waals surface area contributed by atoms with E-state index in [2.05, 4.69) is 0 Å². The average Bonchev–Trinajstić information content (AvgIpc) is 2.76. The highest BCUT2D eigenvalue weighted by atomic mass is 16.5. The lowest BCUT2D eigenvalue weighted by Gasteiger charge is -2.32. The number of carbonyl (C=O) groups excluding carboxylic acids is 1. The Kier molecular flexibility index (Phi) is 3.19. The number of aliphatic hydroxyl groups excluding tert-OH is 1. The van der Waals surface area contributed by atoms with Gasteiger partial charge in [-0.1, -0.05) is 25.1 Å². The lowest BCUT2D eigenvalue weighted by atomic mass is 9.96. The van der Waals surface area contributed by atoms with Gasteiger partial charge in [0, 0.05) is 24.6 Å². The number of ether oxygens (including phenoxy) is 1. The summed E-state index contributed by atoms with van der Waals surface area (Å²) in [6.45, 7) is 3.18. The Labute approximate surface area is 113 Å². The zero-order valence-corrected chi connectivity index (χ0v) is 11.1. The third-order valence-electron chi connectivity index (χ3n) is 4.07. The van der Waals surface area contributed by atoms with E-state index in [1.807, 2.05) is 31.2 Å². The van der Waals surface area contributed by atoms with Crippen LogP contribution < -0.4 is 4.74 Å². The Morgan fingerprint density at radius 1 is 1.42 bits per heavy atom. The van der Waals surface area contributed by atoms with Crippen molar-refractivity contribution in [1.29, 1.82) is 0 Å². The van der Waals surface area contributed by atoms with Gasteiger partial charge in [-0.15, -0.1) is 0 Å². The van der Waals surface area contributed by atoms with Gasteiger partial charge in [-0.3, -0.25) is 4.79 Å². The summed E-state index contributed by atoms with van der Waals surface area (Å²) in [5.41, 5.74) is 1.10. The molecule has 0 bridgehead atoms. The minimum Gasteiger partial charge on any atom is -0.480 e. The topological polar surface area (TPSA) is 49.8 Å². The Morgan fingerprint density at radius 3 is 2.95 bits per heavy atom. The molecule has 3 atom stereocenters. The van der Waals surface area contributed by atoms with Crippen LogP contribution in [0.4, 0.5) is 0 Å². The largest absolute Gasteiger partial charge is 0.480 e. The highest BCUT2D eigenvalue weighted by molar-refractivity contribution is 5.83. The van der Waals surface area contributed by atoms with Crippen molar-refractivity contribution in [3.63, 3.8) is 0 Å². The standard InChI is InChI=1S/C15H19NO3/c1-10-12-6-2-3-7-13(12)19-14(10)15(18)16-8-4-5-11(17)9-16/h2-3,6-7,10-11,14,17H,4-5,8-9H2,1H3. The van der Waals surface area contributed by atoms with Crippen molar-refractivity contribution >= 4 is 5.91 Å². The number of nitrogens with zero attached hydrogens (tertiary/aromatic N) is 1. The van der Waals surface area contributed by atoms with Gasteiger partial charge in [0.1, 0.15) is 5.75 Å². The predicted molar refractivity (Wildman–Crippen MR) is 71.1 cm³/mol. The lowest BCUT2D eigenvalue weighted by Crippen LogP contribution is -2.48. The molecule has 1 saturated heterocycles. The summed E-state index contributed by atoms with van der Waals surface area (Å²) in [5, 5.41) is 9.68. The van der Waals surface area contributed by atoms with Gasteiger partial charge in [0.05, 0.1) is 6.10 Å². The number of amides is 1. The molecular weight excluding hydrogens is 242 g/mol. The lowest BCUT2D eigenvalue weighted by molar-refractivity contribution is -0.141. The van der Waals surface area contributed by atoms with Crippen molar-refractivity contribution in [3.05, 3.63) is 29.8 Å². The molecule has 1 amide bonds.